The molecule has 0 fully saturated rings. The van der Waals surface area contributed by atoms with Crippen LogP contribution in [0.2, 0.25) is 0 Å². The van der Waals surface area contributed by atoms with E-state index in [2.05, 4.69) is 20.2 Å². The number of para-hydroxylation sites is 1. The summed E-state index contributed by atoms with van der Waals surface area (Å²) in [6, 6.07) is 16.2. The van der Waals surface area contributed by atoms with E-state index >= 15 is 0 Å². The van der Waals surface area contributed by atoms with Crippen molar-refractivity contribution in [1.29, 1.82) is 0 Å². The quantitative estimate of drug-likeness (QED) is 0.410. The number of nitrogens with zero attached hydrogens (tertiary/aromatic N) is 3. The molecule has 0 aliphatic heterocycles. The van der Waals surface area contributed by atoms with E-state index in [0.717, 1.165) is 10.3 Å². The van der Waals surface area contributed by atoms with Crippen molar-refractivity contribution in [3.8, 4) is 0 Å². The number of esters is 1. The van der Waals surface area contributed by atoms with Crippen LogP contribution in [0.5, 0.6) is 0 Å². The highest BCUT2D eigenvalue weighted by molar-refractivity contribution is 5.81. The first-order chi connectivity index (χ1) is 12.7. The van der Waals surface area contributed by atoms with Crippen molar-refractivity contribution in [3.05, 3.63) is 70.5 Å². The van der Waals surface area contributed by atoms with Crippen molar-refractivity contribution in [2.45, 2.75) is 0 Å². The van der Waals surface area contributed by atoms with E-state index in [1.165, 1.54) is 7.11 Å². The third-order valence-corrected chi connectivity index (χ3v) is 3.45. The summed E-state index contributed by atoms with van der Waals surface area (Å²) in [6.45, 7) is -0.437. The Balaban J connectivity index is 1.94. The van der Waals surface area contributed by atoms with Crippen LogP contribution < -0.4 is 15.8 Å². The van der Waals surface area contributed by atoms with Crippen LogP contribution in [-0.2, 0) is 9.53 Å². The predicted molar refractivity (Wildman–Crippen MR) is 97.1 cm³/mol. The Hall–Kier alpha value is -3.68. The fourth-order valence-corrected chi connectivity index (χ4v) is 2.19. The van der Waals surface area contributed by atoms with Crippen molar-refractivity contribution >= 4 is 29.0 Å². The zero-order valence-corrected chi connectivity index (χ0v) is 14.0. The molecule has 1 heterocycles. The predicted octanol–water partition coefficient (Wildman–Crippen LogP) is 1.44. The summed E-state index contributed by atoms with van der Waals surface area (Å²) in [6.07, 6.45) is 1.58. The largest absolute Gasteiger partial charge is 0.466 e. The number of carbonyl (C=O) groups is 1. The maximum atomic E-state index is 12.6. The number of benzene rings is 2. The van der Waals surface area contributed by atoms with Crippen LogP contribution in [0, 0.1) is 0 Å². The average Bonchev–Trinajstić information content (AvgIpc) is 2.68. The molecule has 8 nitrogen and oxygen atoms in total. The number of rotatable bonds is 6. The molecule has 0 atom stereocenters. The SMILES string of the molecule is COC(=O)COn1c(N/N=C\c2ccccc2)nc2ccccc2c1=O. The topological polar surface area (TPSA) is 94.8 Å². The molecule has 0 aliphatic carbocycles. The summed E-state index contributed by atoms with van der Waals surface area (Å²) in [4.78, 5) is 33.6. The number of aromatic nitrogens is 2. The van der Waals surface area contributed by atoms with Gasteiger partial charge in [0.25, 0.3) is 11.5 Å². The van der Waals surface area contributed by atoms with Gasteiger partial charge in [0.15, 0.2) is 0 Å². The minimum atomic E-state index is -0.621. The van der Waals surface area contributed by atoms with Crippen molar-refractivity contribution in [2.24, 2.45) is 5.10 Å². The van der Waals surface area contributed by atoms with Gasteiger partial charge in [0, 0.05) is 0 Å². The lowest BCUT2D eigenvalue weighted by molar-refractivity contribution is -0.146. The summed E-state index contributed by atoms with van der Waals surface area (Å²) in [5.74, 6) is -0.575. The molecule has 26 heavy (non-hydrogen) atoms. The molecule has 3 rings (SSSR count). The molecule has 1 aromatic heterocycles. The third kappa shape index (κ3) is 3.86. The molecule has 0 amide bonds. The van der Waals surface area contributed by atoms with Gasteiger partial charge in [-0.3, -0.25) is 4.79 Å². The van der Waals surface area contributed by atoms with Gasteiger partial charge in [-0.05, 0) is 17.7 Å². The summed E-state index contributed by atoms with van der Waals surface area (Å²) in [7, 11) is 1.23. The van der Waals surface area contributed by atoms with Crippen LogP contribution >= 0.6 is 0 Å². The number of ether oxygens (including phenoxy) is 1. The van der Waals surface area contributed by atoms with Gasteiger partial charge in [0.1, 0.15) is 0 Å². The molecule has 0 aliphatic rings. The van der Waals surface area contributed by atoms with E-state index in [1.54, 1.807) is 30.5 Å². The van der Waals surface area contributed by atoms with E-state index in [9.17, 15) is 9.59 Å². The van der Waals surface area contributed by atoms with Gasteiger partial charge < -0.3 is 9.57 Å². The van der Waals surface area contributed by atoms with Crippen molar-refractivity contribution < 1.29 is 14.4 Å². The molecule has 2 aromatic carbocycles. The smallest absolute Gasteiger partial charge is 0.346 e. The second kappa shape index (κ2) is 7.93. The van der Waals surface area contributed by atoms with Crippen molar-refractivity contribution in [2.75, 3.05) is 19.1 Å². The summed E-state index contributed by atoms with van der Waals surface area (Å²) in [5.41, 5.74) is 3.56. The van der Waals surface area contributed by atoms with Gasteiger partial charge in [0.05, 0.1) is 24.2 Å². The number of hydrogen-bond acceptors (Lipinski definition) is 7. The Labute approximate surface area is 148 Å². The second-order valence-corrected chi connectivity index (χ2v) is 5.18. The molecule has 0 unspecified atom stereocenters. The maximum absolute atomic E-state index is 12.6. The van der Waals surface area contributed by atoms with Crippen molar-refractivity contribution in [1.82, 2.24) is 9.71 Å². The minimum absolute atomic E-state index is 0.0461. The molecule has 3 aromatic rings. The van der Waals surface area contributed by atoms with E-state index in [0.29, 0.717) is 10.9 Å². The molecular weight excluding hydrogens is 336 g/mol. The lowest BCUT2D eigenvalue weighted by Crippen LogP contribution is -2.33. The summed E-state index contributed by atoms with van der Waals surface area (Å²) < 4.78 is 5.42. The van der Waals surface area contributed by atoms with Gasteiger partial charge in [0.2, 0.25) is 6.61 Å². The maximum Gasteiger partial charge on any atom is 0.346 e. The molecule has 0 saturated carbocycles. The van der Waals surface area contributed by atoms with Crippen molar-refractivity contribution in [3.63, 3.8) is 0 Å². The van der Waals surface area contributed by atoms with Gasteiger partial charge in [-0.15, -0.1) is 4.73 Å². The van der Waals surface area contributed by atoms with E-state index in [1.807, 2.05) is 30.3 Å². The fourth-order valence-electron chi connectivity index (χ4n) is 2.19. The highest BCUT2D eigenvalue weighted by atomic mass is 16.7. The first kappa shape index (κ1) is 17.2. The van der Waals surface area contributed by atoms with Crippen LogP contribution in [0.4, 0.5) is 5.95 Å². The van der Waals surface area contributed by atoms with Crippen LogP contribution in [0.3, 0.4) is 0 Å². The zero-order chi connectivity index (χ0) is 18.4. The van der Waals surface area contributed by atoms with Gasteiger partial charge in [-0.1, -0.05) is 42.5 Å². The van der Waals surface area contributed by atoms with Crippen LogP contribution in [0.25, 0.3) is 10.9 Å². The number of hydrogen-bond donors (Lipinski definition) is 1. The van der Waals surface area contributed by atoms with Crippen LogP contribution in [0.15, 0.2) is 64.5 Å². The molecule has 0 spiro atoms. The monoisotopic (exact) mass is 352 g/mol. The zero-order valence-electron chi connectivity index (χ0n) is 14.0. The molecule has 0 bridgehead atoms. The van der Waals surface area contributed by atoms with Crippen LogP contribution in [-0.4, -0.2) is 35.6 Å². The van der Waals surface area contributed by atoms with E-state index < -0.39 is 18.1 Å². The Kier molecular flexibility index (Phi) is 5.23. The number of anilines is 1. The minimum Gasteiger partial charge on any atom is -0.466 e. The molecule has 1 N–H and O–H groups in total. The second-order valence-electron chi connectivity index (χ2n) is 5.18. The van der Waals surface area contributed by atoms with E-state index in [-0.39, 0.29) is 5.95 Å². The first-order valence-corrected chi connectivity index (χ1v) is 7.75. The lowest BCUT2D eigenvalue weighted by Gasteiger charge is -2.12. The molecule has 0 radical (unpaired) electrons. The summed E-state index contributed by atoms with van der Waals surface area (Å²) >= 11 is 0. The standard InChI is InChI=1S/C18H16N4O4/c1-25-16(23)12-26-22-17(24)14-9-5-6-10-15(14)20-18(22)21-19-11-13-7-3-2-4-8-13/h2-11H,12H2,1H3,(H,20,21)/b19-11-. The average molecular weight is 352 g/mol. The summed E-state index contributed by atoms with van der Waals surface area (Å²) in [5, 5.41) is 4.43. The third-order valence-electron chi connectivity index (χ3n) is 3.45. The Bertz CT molecular complexity index is 999. The van der Waals surface area contributed by atoms with Gasteiger partial charge >= 0.3 is 5.97 Å². The Morgan fingerprint density at radius 2 is 1.92 bits per heavy atom. The Morgan fingerprint density at radius 3 is 2.69 bits per heavy atom. The number of carbonyl (C=O) groups excluding carboxylic acids is 1. The Morgan fingerprint density at radius 1 is 1.19 bits per heavy atom. The van der Waals surface area contributed by atoms with Gasteiger partial charge in [-0.2, -0.15) is 5.10 Å². The van der Waals surface area contributed by atoms with E-state index in [4.69, 9.17) is 4.84 Å². The normalized spacial score (nSPS) is 10.8. The first-order valence-electron chi connectivity index (χ1n) is 7.75. The molecule has 132 valence electrons. The number of nitrogens with one attached hydrogen (secondary N) is 1. The van der Waals surface area contributed by atoms with Gasteiger partial charge in [-0.25, -0.2) is 15.2 Å². The number of fused-ring (bicyclic) bond motifs is 1. The fraction of sp³-hybridized carbons (Fsp3) is 0.111. The molecule has 0 saturated heterocycles. The molecular formula is C18H16N4O4. The lowest BCUT2D eigenvalue weighted by atomic mass is 10.2. The highest BCUT2D eigenvalue weighted by Crippen LogP contribution is 2.10. The van der Waals surface area contributed by atoms with Crippen LogP contribution in [0.1, 0.15) is 5.56 Å². The number of methoxy groups -OCH3 is 1. The highest BCUT2D eigenvalue weighted by Gasteiger charge is 2.13. The molecule has 8 heteroatoms. The number of hydrazone groups is 1.